The Hall–Kier alpha value is -1.14. The van der Waals surface area contributed by atoms with Crippen molar-refractivity contribution in [3.63, 3.8) is 0 Å². The van der Waals surface area contributed by atoms with Crippen LogP contribution in [-0.2, 0) is 9.59 Å². The molecule has 0 spiro atoms. The number of piperazine rings is 1. The maximum absolute atomic E-state index is 11.4. The molecule has 2 rings (SSSR count). The van der Waals surface area contributed by atoms with Gasteiger partial charge in [-0.2, -0.15) is 0 Å². The average Bonchev–Trinajstić information content (AvgIpc) is 2.35. The Kier molecular flexibility index (Phi) is 4.33. The highest BCUT2D eigenvalue weighted by Crippen LogP contribution is 2.31. The molecule has 1 fully saturated rings. The first kappa shape index (κ1) is 12.3. The molecule has 1 aliphatic heterocycles. The number of amides is 2. The molecule has 0 radical (unpaired) electrons. The van der Waals surface area contributed by atoms with Crippen molar-refractivity contribution >= 4 is 33.4 Å². The van der Waals surface area contributed by atoms with Crippen LogP contribution in [-0.4, -0.2) is 30.2 Å². The fourth-order valence-electron chi connectivity index (χ4n) is 1.37. The number of rotatable bonds is 4. The van der Waals surface area contributed by atoms with Crippen molar-refractivity contribution in [3.8, 4) is 0 Å². The smallest absolute Gasteiger partial charge is 0.243 e. The Morgan fingerprint density at radius 2 is 2.00 bits per heavy atom. The highest BCUT2D eigenvalue weighted by molar-refractivity contribution is 8.76. The van der Waals surface area contributed by atoms with Crippen LogP contribution in [0.1, 0.15) is 0 Å². The van der Waals surface area contributed by atoms with Crippen LogP contribution in [0.25, 0.3) is 0 Å². The molecule has 0 aromatic heterocycles. The molecule has 90 valence electrons. The van der Waals surface area contributed by atoms with Crippen LogP contribution in [0.3, 0.4) is 0 Å². The number of nitrogens with one attached hydrogen (secondary N) is 2. The van der Waals surface area contributed by atoms with Crippen molar-refractivity contribution < 1.29 is 9.59 Å². The standard InChI is InChI=1S/C11H12N2O2S2/c14-10-6-12-11(15)9(13-10)7-16-17-8-4-2-1-3-5-8/h1-5,9H,6-7H2,(H,12,15)(H,13,14)/t9-/m0/s1. The lowest BCUT2D eigenvalue weighted by atomic mass is 10.2. The molecule has 1 aliphatic rings. The number of hydrogen-bond donors (Lipinski definition) is 2. The molecule has 0 aliphatic carbocycles. The predicted molar refractivity (Wildman–Crippen MR) is 69.7 cm³/mol. The fourth-order valence-corrected chi connectivity index (χ4v) is 3.56. The first-order valence-electron chi connectivity index (χ1n) is 5.17. The van der Waals surface area contributed by atoms with Crippen molar-refractivity contribution in [2.75, 3.05) is 12.3 Å². The second kappa shape index (κ2) is 5.97. The summed E-state index contributed by atoms with van der Waals surface area (Å²) in [4.78, 5) is 23.7. The zero-order chi connectivity index (χ0) is 12.1. The summed E-state index contributed by atoms with van der Waals surface area (Å²) in [5.41, 5.74) is 0. The quantitative estimate of drug-likeness (QED) is 0.801. The molecule has 0 bridgehead atoms. The summed E-state index contributed by atoms with van der Waals surface area (Å²) >= 11 is 0. The second-order valence-corrected chi connectivity index (χ2v) is 5.93. The van der Waals surface area contributed by atoms with E-state index in [1.54, 1.807) is 21.6 Å². The van der Waals surface area contributed by atoms with Crippen molar-refractivity contribution in [1.29, 1.82) is 0 Å². The molecule has 4 nitrogen and oxygen atoms in total. The van der Waals surface area contributed by atoms with Crippen LogP contribution in [0.5, 0.6) is 0 Å². The molecule has 17 heavy (non-hydrogen) atoms. The van der Waals surface area contributed by atoms with Gasteiger partial charge in [0.25, 0.3) is 0 Å². The zero-order valence-corrected chi connectivity index (χ0v) is 10.6. The van der Waals surface area contributed by atoms with Gasteiger partial charge in [0.05, 0.1) is 6.54 Å². The van der Waals surface area contributed by atoms with Crippen molar-refractivity contribution in [3.05, 3.63) is 30.3 Å². The van der Waals surface area contributed by atoms with Crippen molar-refractivity contribution in [2.24, 2.45) is 0 Å². The maximum Gasteiger partial charge on any atom is 0.243 e. The number of carbonyl (C=O) groups is 2. The van der Waals surface area contributed by atoms with Gasteiger partial charge in [0.15, 0.2) is 0 Å². The number of hydrogen-bond acceptors (Lipinski definition) is 4. The monoisotopic (exact) mass is 268 g/mol. The summed E-state index contributed by atoms with van der Waals surface area (Å²) in [6, 6.07) is 9.51. The molecule has 1 atom stereocenters. The van der Waals surface area contributed by atoms with Gasteiger partial charge in [0.2, 0.25) is 11.8 Å². The predicted octanol–water partition coefficient (Wildman–Crippen LogP) is 1.04. The molecule has 0 saturated carbocycles. The molecule has 1 heterocycles. The molecule has 1 aromatic carbocycles. The van der Waals surface area contributed by atoms with Gasteiger partial charge in [-0.3, -0.25) is 9.59 Å². The van der Waals surface area contributed by atoms with Gasteiger partial charge >= 0.3 is 0 Å². The number of carbonyl (C=O) groups excluding carboxylic acids is 2. The minimum Gasteiger partial charge on any atom is -0.345 e. The zero-order valence-electron chi connectivity index (χ0n) is 9.01. The first-order valence-corrected chi connectivity index (χ1v) is 7.49. The molecule has 2 amide bonds. The van der Waals surface area contributed by atoms with E-state index in [1.807, 2.05) is 30.3 Å². The van der Waals surface area contributed by atoms with Gasteiger partial charge in [-0.15, -0.1) is 0 Å². The number of benzene rings is 1. The van der Waals surface area contributed by atoms with Gasteiger partial charge in [-0.1, -0.05) is 39.8 Å². The summed E-state index contributed by atoms with van der Waals surface area (Å²) in [5, 5.41) is 5.22. The fraction of sp³-hybridized carbons (Fsp3) is 0.273. The molecule has 1 saturated heterocycles. The van der Waals surface area contributed by atoms with Gasteiger partial charge in [0.1, 0.15) is 6.04 Å². The molecule has 0 unspecified atom stereocenters. The molecular weight excluding hydrogens is 256 g/mol. The molecule has 1 aromatic rings. The van der Waals surface area contributed by atoms with Crippen LogP contribution in [0, 0.1) is 0 Å². The lowest BCUT2D eigenvalue weighted by Crippen LogP contribution is -2.57. The summed E-state index contributed by atoms with van der Waals surface area (Å²) in [7, 11) is 3.16. The van der Waals surface area contributed by atoms with Crippen LogP contribution < -0.4 is 10.6 Å². The summed E-state index contributed by atoms with van der Waals surface area (Å²) in [5.74, 6) is 0.336. The Morgan fingerprint density at radius 1 is 1.24 bits per heavy atom. The van der Waals surface area contributed by atoms with Crippen LogP contribution in [0.4, 0.5) is 0 Å². The molecular formula is C11H12N2O2S2. The van der Waals surface area contributed by atoms with E-state index in [0.717, 1.165) is 4.90 Å². The Morgan fingerprint density at radius 3 is 2.76 bits per heavy atom. The van der Waals surface area contributed by atoms with E-state index in [4.69, 9.17) is 0 Å². The third-order valence-electron chi connectivity index (χ3n) is 2.21. The first-order chi connectivity index (χ1) is 8.25. The van der Waals surface area contributed by atoms with Crippen molar-refractivity contribution in [2.45, 2.75) is 10.9 Å². The van der Waals surface area contributed by atoms with E-state index in [-0.39, 0.29) is 18.4 Å². The lowest BCUT2D eigenvalue weighted by Gasteiger charge is -2.22. The SMILES string of the molecule is O=C1CNC(=O)[C@H](CSSc2ccccc2)N1. The summed E-state index contributed by atoms with van der Waals surface area (Å²) in [6.07, 6.45) is 0. The Balaban J connectivity index is 1.78. The molecule has 2 N–H and O–H groups in total. The van der Waals surface area contributed by atoms with Gasteiger partial charge in [-0.25, -0.2) is 0 Å². The largest absolute Gasteiger partial charge is 0.345 e. The second-order valence-electron chi connectivity index (χ2n) is 3.52. The maximum atomic E-state index is 11.4. The normalized spacial score (nSPS) is 19.6. The Bertz CT molecular complexity index is 411. The third kappa shape index (κ3) is 3.67. The molecule has 6 heteroatoms. The third-order valence-corrected chi connectivity index (χ3v) is 4.60. The van der Waals surface area contributed by atoms with E-state index >= 15 is 0 Å². The van der Waals surface area contributed by atoms with E-state index < -0.39 is 6.04 Å². The van der Waals surface area contributed by atoms with E-state index in [1.165, 1.54) is 0 Å². The van der Waals surface area contributed by atoms with Gasteiger partial charge in [0, 0.05) is 10.6 Å². The van der Waals surface area contributed by atoms with Gasteiger partial charge < -0.3 is 10.6 Å². The van der Waals surface area contributed by atoms with Crippen LogP contribution in [0.2, 0.25) is 0 Å². The summed E-state index contributed by atoms with van der Waals surface area (Å²) < 4.78 is 0. The van der Waals surface area contributed by atoms with Crippen molar-refractivity contribution in [1.82, 2.24) is 10.6 Å². The van der Waals surface area contributed by atoms with Crippen LogP contribution >= 0.6 is 21.6 Å². The average molecular weight is 268 g/mol. The van der Waals surface area contributed by atoms with Gasteiger partial charge in [-0.05, 0) is 12.1 Å². The van der Waals surface area contributed by atoms with Crippen LogP contribution in [0.15, 0.2) is 35.2 Å². The topological polar surface area (TPSA) is 58.2 Å². The summed E-state index contributed by atoms with van der Waals surface area (Å²) in [6.45, 7) is 0.0891. The highest BCUT2D eigenvalue weighted by Gasteiger charge is 2.25. The van der Waals surface area contributed by atoms with E-state index in [2.05, 4.69) is 10.6 Å². The minimum atomic E-state index is -0.419. The minimum absolute atomic E-state index is 0.0891. The lowest BCUT2D eigenvalue weighted by molar-refractivity contribution is -0.133. The Labute approximate surface area is 107 Å². The highest BCUT2D eigenvalue weighted by atomic mass is 33.1. The van der Waals surface area contributed by atoms with E-state index in [9.17, 15) is 9.59 Å². The van der Waals surface area contributed by atoms with E-state index in [0.29, 0.717) is 5.75 Å².